The zero-order valence-electron chi connectivity index (χ0n) is 8.13. The third-order valence-electron chi connectivity index (χ3n) is 2.77. The van der Waals surface area contributed by atoms with E-state index < -0.39 is 5.60 Å². The van der Waals surface area contributed by atoms with Crippen LogP contribution in [0.1, 0.15) is 18.5 Å². The summed E-state index contributed by atoms with van der Waals surface area (Å²) < 4.78 is 2.64. The van der Waals surface area contributed by atoms with Crippen molar-refractivity contribution in [2.75, 3.05) is 13.1 Å². The van der Waals surface area contributed by atoms with Crippen LogP contribution < -0.4 is 5.32 Å². The van der Waals surface area contributed by atoms with Gasteiger partial charge in [-0.15, -0.1) is 0 Å². The van der Waals surface area contributed by atoms with E-state index in [1.807, 2.05) is 7.05 Å². The van der Waals surface area contributed by atoms with E-state index in [1.165, 1.54) is 0 Å². The van der Waals surface area contributed by atoms with Gasteiger partial charge in [0.1, 0.15) is 5.60 Å². The van der Waals surface area contributed by atoms with Gasteiger partial charge in [-0.05, 0) is 41.9 Å². The van der Waals surface area contributed by atoms with Crippen LogP contribution in [0.25, 0.3) is 0 Å². The van der Waals surface area contributed by atoms with Crippen molar-refractivity contribution >= 4 is 15.9 Å². The van der Waals surface area contributed by atoms with Crippen molar-refractivity contribution in [2.45, 2.75) is 18.4 Å². The van der Waals surface area contributed by atoms with Gasteiger partial charge in [-0.25, -0.2) is 0 Å². The normalized spacial score (nSPS) is 21.1. The Balaban J connectivity index is 2.36. The minimum atomic E-state index is -0.727. The highest BCUT2D eigenvalue weighted by atomic mass is 79.9. The molecule has 0 aliphatic carbocycles. The van der Waals surface area contributed by atoms with Crippen LogP contribution >= 0.6 is 15.9 Å². The maximum absolute atomic E-state index is 10.5. The molecule has 2 N–H and O–H groups in total. The summed E-state index contributed by atoms with van der Waals surface area (Å²) in [6.07, 6.45) is 3.21. The van der Waals surface area contributed by atoms with Crippen LogP contribution in [0.2, 0.25) is 0 Å². The molecule has 5 heteroatoms. The fourth-order valence-corrected chi connectivity index (χ4v) is 2.73. The summed E-state index contributed by atoms with van der Waals surface area (Å²) in [5, 5.41) is 17.8. The van der Waals surface area contributed by atoms with Gasteiger partial charge in [0.25, 0.3) is 0 Å². The van der Waals surface area contributed by atoms with Crippen LogP contribution in [0.5, 0.6) is 0 Å². The molecule has 0 radical (unpaired) electrons. The fraction of sp³-hybridized carbons (Fsp3) is 0.667. The van der Waals surface area contributed by atoms with E-state index in [-0.39, 0.29) is 0 Å². The number of rotatable bonds is 1. The number of aromatic nitrogens is 2. The quantitative estimate of drug-likeness (QED) is 0.783. The molecular formula is C9H14BrN3O. The Kier molecular flexibility index (Phi) is 2.64. The molecule has 0 saturated carbocycles. The zero-order chi connectivity index (χ0) is 10.2. The topological polar surface area (TPSA) is 50.1 Å². The molecule has 0 spiro atoms. The van der Waals surface area contributed by atoms with Gasteiger partial charge in [0.05, 0.1) is 16.4 Å². The molecule has 1 fully saturated rings. The third kappa shape index (κ3) is 1.60. The Hall–Kier alpha value is -0.390. The predicted molar refractivity (Wildman–Crippen MR) is 56.9 cm³/mol. The van der Waals surface area contributed by atoms with Gasteiger partial charge in [-0.3, -0.25) is 4.68 Å². The van der Waals surface area contributed by atoms with Crippen molar-refractivity contribution < 1.29 is 5.11 Å². The van der Waals surface area contributed by atoms with Crippen molar-refractivity contribution in [1.82, 2.24) is 15.1 Å². The minimum absolute atomic E-state index is 0.727. The lowest BCUT2D eigenvalue weighted by molar-refractivity contribution is -0.00217. The van der Waals surface area contributed by atoms with Crippen molar-refractivity contribution in [1.29, 1.82) is 0 Å². The number of piperidine rings is 1. The molecule has 78 valence electrons. The van der Waals surface area contributed by atoms with Crippen LogP contribution in [0, 0.1) is 0 Å². The molecule has 1 aromatic rings. The van der Waals surface area contributed by atoms with Crippen LogP contribution in [-0.4, -0.2) is 28.0 Å². The van der Waals surface area contributed by atoms with Gasteiger partial charge < -0.3 is 10.4 Å². The Morgan fingerprint density at radius 1 is 1.57 bits per heavy atom. The minimum Gasteiger partial charge on any atom is -0.383 e. The number of hydrogen-bond donors (Lipinski definition) is 2. The van der Waals surface area contributed by atoms with Gasteiger partial charge in [-0.2, -0.15) is 5.10 Å². The Bertz CT molecular complexity index is 311. The molecule has 0 bridgehead atoms. The van der Waals surface area contributed by atoms with Gasteiger partial charge >= 0.3 is 0 Å². The van der Waals surface area contributed by atoms with Crippen LogP contribution in [0.4, 0.5) is 0 Å². The Labute approximate surface area is 91.4 Å². The maximum atomic E-state index is 10.5. The summed E-state index contributed by atoms with van der Waals surface area (Å²) in [6.45, 7) is 1.71. The summed E-state index contributed by atoms with van der Waals surface area (Å²) in [4.78, 5) is 0. The van der Waals surface area contributed by atoms with E-state index in [9.17, 15) is 5.11 Å². The number of hydrogen-bond acceptors (Lipinski definition) is 3. The van der Waals surface area contributed by atoms with Gasteiger partial charge in [0.2, 0.25) is 0 Å². The lowest BCUT2D eigenvalue weighted by Gasteiger charge is -2.32. The van der Waals surface area contributed by atoms with Gasteiger partial charge in [0.15, 0.2) is 0 Å². The highest BCUT2D eigenvalue weighted by Gasteiger charge is 2.35. The molecule has 0 aromatic carbocycles. The van der Waals surface area contributed by atoms with Crippen LogP contribution in [-0.2, 0) is 12.6 Å². The Morgan fingerprint density at radius 3 is 2.71 bits per heavy atom. The summed E-state index contributed by atoms with van der Waals surface area (Å²) in [5.74, 6) is 0. The summed E-state index contributed by atoms with van der Waals surface area (Å²) in [7, 11) is 1.86. The fourth-order valence-electron chi connectivity index (χ4n) is 2.01. The standard InChI is InChI=1S/C9H14BrN3O/c1-13-8(7(10)6-12-13)9(14)2-4-11-5-3-9/h6,11,14H,2-5H2,1H3. The molecule has 4 nitrogen and oxygen atoms in total. The summed E-state index contributed by atoms with van der Waals surface area (Å²) in [6, 6.07) is 0. The number of halogens is 1. The Morgan fingerprint density at radius 2 is 2.21 bits per heavy atom. The first-order chi connectivity index (χ1) is 6.63. The molecule has 1 aliphatic heterocycles. The predicted octanol–water partition coefficient (Wildman–Crippen LogP) is 0.754. The molecular weight excluding hydrogens is 246 g/mol. The molecule has 0 unspecified atom stereocenters. The first-order valence-corrected chi connectivity index (χ1v) is 5.54. The molecule has 14 heavy (non-hydrogen) atoms. The second-order valence-corrected chi connectivity index (χ2v) is 4.60. The van der Waals surface area contributed by atoms with Gasteiger partial charge in [-0.1, -0.05) is 0 Å². The lowest BCUT2D eigenvalue weighted by atomic mass is 9.89. The van der Waals surface area contributed by atoms with Crippen LogP contribution in [0.3, 0.4) is 0 Å². The second-order valence-electron chi connectivity index (χ2n) is 3.75. The van der Waals surface area contributed by atoms with Crippen LogP contribution in [0.15, 0.2) is 10.7 Å². The largest absolute Gasteiger partial charge is 0.383 e. The average molecular weight is 260 g/mol. The lowest BCUT2D eigenvalue weighted by Crippen LogP contribution is -2.41. The molecule has 1 aromatic heterocycles. The van der Waals surface area contributed by atoms with E-state index >= 15 is 0 Å². The molecule has 1 saturated heterocycles. The second kappa shape index (κ2) is 3.64. The molecule has 2 rings (SSSR count). The highest BCUT2D eigenvalue weighted by Crippen LogP contribution is 2.34. The van der Waals surface area contributed by atoms with Crippen molar-refractivity contribution in [2.24, 2.45) is 7.05 Å². The van der Waals surface area contributed by atoms with E-state index in [4.69, 9.17) is 0 Å². The average Bonchev–Trinajstić information content (AvgIpc) is 2.48. The summed E-state index contributed by atoms with van der Waals surface area (Å²) >= 11 is 3.42. The highest BCUT2D eigenvalue weighted by molar-refractivity contribution is 9.10. The molecule has 0 atom stereocenters. The number of nitrogens with zero attached hydrogens (tertiary/aromatic N) is 2. The van der Waals surface area contributed by atoms with E-state index in [1.54, 1.807) is 10.9 Å². The molecule has 0 amide bonds. The molecule has 1 aliphatic rings. The maximum Gasteiger partial charge on any atom is 0.110 e. The third-order valence-corrected chi connectivity index (χ3v) is 3.35. The van der Waals surface area contributed by atoms with Crippen molar-refractivity contribution in [3.8, 4) is 0 Å². The monoisotopic (exact) mass is 259 g/mol. The van der Waals surface area contributed by atoms with Crippen molar-refractivity contribution in [3.63, 3.8) is 0 Å². The molecule has 2 heterocycles. The van der Waals surface area contributed by atoms with E-state index in [2.05, 4.69) is 26.3 Å². The first kappa shape index (κ1) is 10.1. The number of aryl methyl sites for hydroxylation is 1. The number of aliphatic hydroxyl groups is 1. The zero-order valence-corrected chi connectivity index (χ0v) is 9.71. The van der Waals surface area contributed by atoms with E-state index in [0.29, 0.717) is 0 Å². The first-order valence-electron chi connectivity index (χ1n) is 4.74. The van der Waals surface area contributed by atoms with E-state index in [0.717, 1.165) is 36.1 Å². The van der Waals surface area contributed by atoms with Gasteiger partial charge in [0, 0.05) is 7.05 Å². The smallest absolute Gasteiger partial charge is 0.110 e. The van der Waals surface area contributed by atoms with Crippen molar-refractivity contribution in [3.05, 3.63) is 16.4 Å². The number of nitrogens with one attached hydrogen (secondary N) is 1. The summed E-state index contributed by atoms with van der Waals surface area (Å²) in [5.41, 5.74) is 0.161. The SMILES string of the molecule is Cn1ncc(Br)c1C1(O)CCNCC1.